The fourth-order valence-electron chi connectivity index (χ4n) is 1.37. The normalized spacial score (nSPS) is 10.8. The van der Waals surface area contributed by atoms with Crippen molar-refractivity contribution in [3.63, 3.8) is 0 Å². The van der Waals surface area contributed by atoms with Gasteiger partial charge in [-0.3, -0.25) is 19.8 Å². The number of pyridine rings is 1. The molecule has 7 nitrogen and oxygen atoms in total. The Hall–Kier alpha value is -2.54. The Morgan fingerprint density at radius 1 is 1.45 bits per heavy atom. The molecule has 0 aliphatic rings. The van der Waals surface area contributed by atoms with Gasteiger partial charge >= 0.3 is 0 Å². The van der Waals surface area contributed by atoms with E-state index in [2.05, 4.69) is 10.3 Å². The highest BCUT2D eigenvalue weighted by Crippen LogP contribution is 2.13. The van der Waals surface area contributed by atoms with Gasteiger partial charge in [-0.2, -0.15) is 0 Å². The van der Waals surface area contributed by atoms with E-state index >= 15 is 0 Å². The maximum Gasteiger partial charge on any atom is 0.279 e. The van der Waals surface area contributed by atoms with E-state index in [1.54, 1.807) is 25.1 Å². The van der Waals surface area contributed by atoms with Gasteiger partial charge in [0, 0.05) is 18.8 Å². The summed E-state index contributed by atoms with van der Waals surface area (Å²) < 4.78 is 0. The molecule has 1 aromatic heterocycles. The number of aldehydes is 1. The quantitative estimate of drug-likeness (QED) is 0.330. The van der Waals surface area contributed by atoms with Gasteiger partial charge in [0.15, 0.2) is 0 Å². The fraction of sp³-hybridized carbons (Fsp3) is 0.231. The van der Waals surface area contributed by atoms with Gasteiger partial charge in [-0.15, -0.1) is 0 Å². The maximum absolute atomic E-state index is 12.0. The number of nitrogens with one attached hydrogen (secondary N) is 1. The number of aromatic nitrogens is 1. The first-order chi connectivity index (χ1) is 9.60. The summed E-state index contributed by atoms with van der Waals surface area (Å²) in [5.74, 6) is -1.36. The monoisotopic (exact) mass is 277 g/mol. The lowest BCUT2D eigenvalue weighted by atomic mass is 10.1. The first kappa shape index (κ1) is 15.5. The number of likely N-dealkylation sites (N-methyl/N-ethyl adjacent to an activating group) is 1. The topological polar surface area (TPSA) is 99.6 Å². The van der Waals surface area contributed by atoms with Crippen molar-refractivity contribution in [2.75, 3.05) is 13.1 Å². The standard InChI is InChI=1S/C13H15N3O4/c1-2-16(20)13(19)10(9-12(18)15-7-8-17)11-5-3-4-6-14-11/h3-6,8-9,20H,2,7H2,1H3,(H,15,18). The van der Waals surface area contributed by atoms with Gasteiger partial charge in [-0.05, 0) is 19.1 Å². The highest BCUT2D eigenvalue weighted by atomic mass is 16.5. The molecule has 0 atom stereocenters. The highest BCUT2D eigenvalue weighted by Gasteiger charge is 2.19. The first-order valence-corrected chi connectivity index (χ1v) is 5.95. The van der Waals surface area contributed by atoms with Crippen LogP contribution in [-0.2, 0) is 14.4 Å². The van der Waals surface area contributed by atoms with Crippen molar-refractivity contribution in [3.8, 4) is 0 Å². The van der Waals surface area contributed by atoms with Crippen LogP contribution in [-0.4, -0.2) is 46.4 Å². The molecule has 0 saturated heterocycles. The van der Waals surface area contributed by atoms with Gasteiger partial charge in [0.25, 0.3) is 5.91 Å². The zero-order valence-corrected chi connectivity index (χ0v) is 10.9. The average Bonchev–Trinajstić information content (AvgIpc) is 2.49. The van der Waals surface area contributed by atoms with Crippen molar-refractivity contribution >= 4 is 23.7 Å². The van der Waals surface area contributed by atoms with Crippen LogP contribution in [0.25, 0.3) is 5.57 Å². The Morgan fingerprint density at radius 3 is 2.75 bits per heavy atom. The molecule has 1 heterocycles. The maximum atomic E-state index is 12.0. The average molecular weight is 277 g/mol. The second kappa shape index (κ2) is 7.80. The minimum absolute atomic E-state index is 0.0571. The summed E-state index contributed by atoms with van der Waals surface area (Å²) in [5, 5.41) is 12.2. The predicted molar refractivity (Wildman–Crippen MR) is 70.5 cm³/mol. The summed E-state index contributed by atoms with van der Waals surface area (Å²) >= 11 is 0. The van der Waals surface area contributed by atoms with E-state index < -0.39 is 11.8 Å². The Morgan fingerprint density at radius 2 is 2.20 bits per heavy atom. The zero-order valence-electron chi connectivity index (χ0n) is 10.9. The lowest BCUT2D eigenvalue weighted by Crippen LogP contribution is -2.30. The molecule has 0 aliphatic heterocycles. The minimum atomic E-state index is -0.743. The molecule has 2 N–H and O–H groups in total. The van der Waals surface area contributed by atoms with Gasteiger partial charge in [0.2, 0.25) is 5.91 Å². The molecular weight excluding hydrogens is 262 g/mol. The number of amides is 2. The van der Waals surface area contributed by atoms with E-state index in [1.165, 1.54) is 6.20 Å². The molecule has 0 unspecified atom stereocenters. The van der Waals surface area contributed by atoms with Crippen molar-refractivity contribution in [2.45, 2.75) is 6.92 Å². The predicted octanol–water partition coefficient (Wildman–Crippen LogP) is 0.0178. The van der Waals surface area contributed by atoms with E-state index in [0.717, 1.165) is 6.08 Å². The second-order valence-corrected chi connectivity index (χ2v) is 3.71. The van der Waals surface area contributed by atoms with Crippen LogP contribution in [0.1, 0.15) is 12.6 Å². The Balaban J connectivity index is 3.08. The molecule has 1 aromatic rings. The summed E-state index contributed by atoms with van der Waals surface area (Å²) in [6, 6.07) is 4.86. The van der Waals surface area contributed by atoms with Crippen LogP contribution in [0, 0.1) is 0 Å². The van der Waals surface area contributed by atoms with Crippen LogP contribution < -0.4 is 5.32 Å². The van der Waals surface area contributed by atoms with Crippen LogP contribution in [0.15, 0.2) is 30.5 Å². The van der Waals surface area contributed by atoms with Crippen molar-refractivity contribution in [2.24, 2.45) is 0 Å². The summed E-state index contributed by atoms with van der Waals surface area (Å²) in [6.07, 6.45) is 3.00. The largest absolute Gasteiger partial charge is 0.346 e. The minimum Gasteiger partial charge on any atom is -0.346 e. The summed E-state index contributed by atoms with van der Waals surface area (Å²) in [6.45, 7) is 1.50. The molecule has 20 heavy (non-hydrogen) atoms. The lowest BCUT2D eigenvalue weighted by Gasteiger charge is -2.14. The SMILES string of the molecule is CCN(O)C(=O)C(=CC(=O)NCC=O)c1ccccn1. The molecule has 2 amide bonds. The van der Waals surface area contributed by atoms with Crippen LogP contribution in [0.3, 0.4) is 0 Å². The molecule has 0 spiro atoms. The van der Waals surface area contributed by atoms with Crippen LogP contribution >= 0.6 is 0 Å². The van der Waals surface area contributed by atoms with Crippen molar-refractivity contribution in [3.05, 3.63) is 36.2 Å². The van der Waals surface area contributed by atoms with Crippen LogP contribution in [0.2, 0.25) is 0 Å². The van der Waals surface area contributed by atoms with Crippen LogP contribution in [0.4, 0.5) is 0 Å². The number of carbonyl (C=O) groups is 3. The smallest absolute Gasteiger partial charge is 0.279 e. The first-order valence-electron chi connectivity index (χ1n) is 5.95. The summed E-state index contributed by atoms with van der Waals surface area (Å²) in [5.41, 5.74) is 0.199. The number of carbonyl (C=O) groups excluding carboxylic acids is 3. The molecule has 1 rings (SSSR count). The highest BCUT2D eigenvalue weighted by molar-refractivity contribution is 6.22. The fourth-order valence-corrected chi connectivity index (χ4v) is 1.37. The molecule has 0 bridgehead atoms. The number of hydrogen-bond acceptors (Lipinski definition) is 5. The number of nitrogens with zero attached hydrogens (tertiary/aromatic N) is 2. The van der Waals surface area contributed by atoms with E-state index in [9.17, 15) is 19.6 Å². The van der Waals surface area contributed by atoms with E-state index in [1.807, 2.05) is 0 Å². The van der Waals surface area contributed by atoms with Gasteiger partial charge in [-0.25, -0.2) is 5.06 Å². The third kappa shape index (κ3) is 4.29. The summed E-state index contributed by atoms with van der Waals surface area (Å²) in [4.78, 5) is 37.7. The third-order valence-corrected chi connectivity index (χ3v) is 2.34. The van der Waals surface area contributed by atoms with Gasteiger partial charge in [-0.1, -0.05) is 6.07 Å². The third-order valence-electron chi connectivity index (χ3n) is 2.34. The molecular formula is C13H15N3O4. The van der Waals surface area contributed by atoms with E-state index in [0.29, 0.717) is 11.3 Å². The van der Waals surface area contributed by atoms with Crippen molar-refractivity contribution in [1.82, 2.24) is 15.4 Å². The Labute approximate surface area is 115 Å². The Kier molecular flexibility index (Phi) is 6.05. The Bertz CT molecular complexity index is 514. The van der Waals surface area contributed by atoms with Gasteiger partial charge in [0.05, 0.1) is 17.8 Å². The molecule has 0 saturated carbocycles. The number of rotatable bonds is 6. The molecule has 0 radical (unpaired) electrons. The van der Waals surface area contributed by atoms with Gasteiger partial charge < -0.3 is 10.1 Å². The molecule has 106 valence electrons. The molecule has 0 aliphatic carbocycles. The number of hydroxylamine groups is 2. The molecule has 0 fully saturated rings. The molecule has 7 heteroatoms. The van der Waals surface area contributed by atoms with Crippen LogP contribution in [0.5, 0.6) is 0 Å². The van der Waals surface area contributed by atoms with Crippen molar-refractivity contribution < 1.29 is 19.6 Å². The second-order valence-electron chi connectivity index (χ2n) is 3.71. The lowest BCUT2D eigenvalue weighted by molar-refractivity contribution is -0.157. The van der Waals surface area contributed by atoms with E-state index in [4.69, 9.17) is 0 Å². The van der Waals surface area contributed by atoms with Gasteiger partial charge in [0.1, 0.15) is 6.29 Å². The summed E-state index contributed by atoms with van der Waals surface area (Å²) in [7, 11) is 0. The zero-order chi connectivity index (χ0) is 15.0. The number of hydrogen-bond donors (Lipinski definition) is 2. The molecule has 0 aromatic carbocycles. The van der Waals surface area contributed by atoms with Crippen molar-refractivity contribution in [1.29, 1.82) is 0 Å². The van der Waals surface area contributed by atoms with E-state index in [-0.39, 0.29) is 24.4 Å².